The Morgan fingerprint density at radius 2 is 1.81 bits per heavy atom. The molecule has 9 heteroatoms. The van der Waals surface area contributed by atoms with Gasteiger partial charge in [-0.3, -0.25) is 9.52 Å². The largest absolute Gasteiger partial charge is 0.494 e. The summed E-state index contributed by atoms with van der Waals surface area (Å²) in [5, 5.41) is 0. The average Bonchev–Trinajstić information content (AvgIpc) is 3.14. The molecule has 0 saturated heterocycles. The maximum atomic E-state index is 12.2. The molecule has 1 heterocycles. The van der Waals surface area contributed by atoms with Gasteiger partial charge in [-0.15, -0.1) is 0 Å². The first kappa shape index (κ1) is 18.5. The summed E-state index contributed by atoms with van der Waals surface area (Å²) >= 11 is 0. The maximum Gasteiger partial charge on any atom is 0.324 e. The molecular weight excluding hydrogens is 368 g/mol. The molecule has 0 aliphatic carbocycles. The van der Waals surface area contributed by atoms with Crippen LogP contribution in [0.15, 0.2) is 67.1 Å². The van der Waals surface area contributed by atoms with Crippen molar-refractivity contribution >= 4 is 21.8 Å². The van der Waals surface area contributed by atoms with Crippen LogP contribution < -0.4 is 14.2 Å². The summed E-state index contributed by atoms with van der Waals surface area (Å²) < 4.78 is 35.5. The molecule has 8 nitrogen and oxygen atoms in total. The second-order valence-corrected chi connectivity index (χ2v) is 6.91. The number of anilines is 1. The minimum atomic E-state index is -4.10. The molecule has 0 fully saturated rings. The molecule has 1 aromatic heterocycles. The number of carbonyl (C=O) groups is 1. The third-order valence-corrected chi connectivity index (χ3v) is 4.47. The van der Waals surface area contributed by atoms with Gasteiger partial charge in [0.15, 0.2) is 0 Å². The first-order valence-corrected chi connectivity index (χ1v) is 9.62. The molecule has 2 N–H and O–H groups in total. The maximum absolute atomic E-state index is 12.2. The van der Waals surface area contributed by atoms with Crippen molar-refractivity contribution in [3.63, 3.8) is 0 Å². The number of amides is 1. The molecular formula is C18H18N4O4S. The van der Waals surface area contributed by atoms with Crippen molar-refractivity contribution in [2.45, 2.75) is 6.92 Å². The number of nitrogens with zero attached hydrogens (tertiary/aromatic N) is 2. The first-order chi connectivity index (χ1) is 13.0. The molecule has 0 atom stereocenters. The van der Waals surface area contributed by atoms with Crippen LogP contribution in [0.1, 0.15) is 17.4 Å². The van der Waals surface area contributed by atoms with Crippen molar-refractivity contribution in [1.29, 1.82) is 0 Å². The molecule has 27 heavy (non-hydrogen) atoms. The summed E-state index contributed by atoms with van der Waals surface area (Å²) in [6.45, 7) is 2.36. The summed E-state index contributed by atoms with van der Waals surface area (Å²) in [5.74, 6) is -0.209. The van der Waals surface area contributed by atoms with Crippen molar-refractivity contribution in [1.82, 2.24) is 14.3 Å². The number of para-hydroxylation sites is 1. The Balaban J connectivity index is 1.66. The smallest absolute Gasteiger partial charge is 0.324 e. The summed E-state index contributed by atoms with van der Waals surface area (Å²) in [6, 6.07) is 15.6. The summed E-state index contributed by atoms with van der Waals surface area (Å²) in [5.41, 5.74) is 1.09. The number of rotatable bonds is 7. The molecule has 1 amide bonds. The van der Waals surface area contributed by atoms with Gasteiger partial charge in [-0.25, -0.2) is 9.71 Å². The average molecular weight is 386 g/mol. The van der Waals surface area contributed by atoms with Gasteiger partial charge in [0.1, 0.15) is 17.8 Å². The fourth-order valence-electron chi connectivity index (χ4n) is 2.32. The highest BCUT2D eigenvalue weighted by Gasteiger charge is 2.18. The Kier molecular flexibility index (Phi) is 5.41. The lowest BCUT2D eigenvalue weighted by Gasteiger charge is -2.09. The van der Waals surface area contributed by atoms with Gasteiger partial charge >= 0.3 is 10.2 Å². The number of ether oxygens (including phenoxy) is 1. The van der Waals surface area contributed by atoms with Crippen LogP contribution in [0, 0.1) is 0 Å². The van der Waals surface area contributed by atoms with Crippen molar-refractivity contribution in [2.24, 2.45) is 0 Å². The lowest BCUT2D eigenvalue weighted by molar-refractivity contribution is 0.0977. The van der Waals surface area contributed by atoms with Gasteiger partial charge in [-0.1, -0.05) is 18.2 Å². The van der Waals surface area contributed by atoms with Gasteiger partial charge in [0.2, 0.25) is 0 Å². The summed E-state index contributed by atoms with van der Waals surface area (Å²) in [6.07, 6.45) is 2.90. The highest BCUT2D eigenvalue weighted by Crippen LogP contribution is 2.16. The standard InChI is InChI=1S/C18H18N4O4S/c1-2-26-16-10-8-14(9-11-16)20-27(24,25)21-18(23)17-12-22(13-19-17)15-6-4-3-5-7-15/h3-13,20H,2H2,1H3,(H,21,23). The molecule has 140 valence electrons. The number of carbonyl (C=O) groups excluding carboxylic acids is 1. The topological polar surface area (TPSA) is 102 Å². The van der Waals surface area contributed by atoms with Crippen LogP contribution in [0.2, 0.25) is 0 Å². The van der Waals surface area contributed by atoms with Crippen LogP contribution in [0.3, 0.4) is 0 Å². The second kappa shape index (κ2) is 7.92. The number of imidazole rings is 1. The summed E-state index contributed by atoms with van der Waals surface area (Å²) in [7, 11) is -4.10. The van der Waals surface area contributed by atoms with E-state index in [9.17, 15) is 13.2 Å². The molecule has 0 aliphatic heterocycles. The minimum Gasteiger partial charge on any atom is -0.494 e. The van der Waals surface area contributed by atoms with Gasteiger partial charge in [0.05, 0.1) is 12.3 Å². The zero-order chi connectivity index (χ0) is 19.3. The van der Waals surface area contributed by atoms with Gasteiger partial charge < -0.3 is 9.30 Å². The van der Waals surface area contributed by atoms with E-state index in [1.807, 2.05) is 42.0 Å². The molecule has 0 radical (unpaired) electrons. The predicted octanol–water partition coefficient (Wildman–Crippen LogP) is 2.36. The van der Waals surface area contributed by atoms with Crippen LogP contribution in [0.5, 0.6) is 5.75 Å². The highest BCUT2D eigenvalue weighted by molar-refractivity contribution is 7.91. The van der Waals surface area contributed by atoms with E-state index in [0.29, 0.717) is 18.0 Å². The van der Waals surface area contributed by atoms with Crippen molar-refractivity contribution < 1.29 is 17.9 Å². The summed E-state index contributed by atoms with van der Waals surface area (Å²) in [4.78, 5) is 16.2. The van der Waals surface area contributed by atoms with E-state index in [2.05, 4.69) is 9.71 Å². The quantitative estimate of drug-likeness (QED) is 0.649. The Hall–Kier alpha value is -3.33. The van der Waals surface area contributed by atoms with E-state index in [4.69, 9.17) is 4.74 Å². The molecule has 0 aliphatic rings. The van der Waals surface area contributed by atoms with E-state index in [0.717, 1.165) is 5.69 Å². The fourth-order valence-corrected chi connectivity index (χ4v) is 3.17. The van der Waals surface area contributed by atoms with Gasteiger partial charge in [0.25, 0.3) is 5.91 Å². The molecule has 2 aromatic carbocycles. The van der Waals surface area contributed by atoms with Crippen LogP contribution in [-0.4, -0.2) is 30.5 Å². The normalized spacial score (nSPS) is 11.0. The van der Waals surface area contributed by atoms with Crippen LogP contribution in [0.25, 0.3) is 5.69 Å². The van der Waals surface area contributed by atoms with E-state index >= 15 is 0 Å². The highest BCUT2D eigenvalue weighted by atomic mass is 32.2. The lowest BCUT2D eigenvalue weighted by atomic mass is 10.3. The van der Waals surface area contributed by atoms with Crippen LogP contribution in [-0.2, 0) is 10.2 Å². The lowest BCUT2D eigenvalue weighted by Crippen LogP contribution is -2.35. The Morgan fingerprint density at radius 1 is 1.11 bits per heavy atom. The first-order valence-electron chi connectivity index (χ1n) is 8.14. The molecule has 0 saturated carbocycles. The van der Waals surface area contributed by atoms with E-state index in [-0.39, 0.29) is 5.69 Å². The number of hydrogen-bond donors (Lipinski definition) is 2. The van der Waals surface area contributed by atoms with E-state index in [1.54, 1.807) is 28.8 Å². The Morgan fingerprint density at radius 3 is 2.48 bits per heavy atom. The number of benzene rings is 2. The second-order valence-electron chi connectivity index (χ2n) is 5.50. The monoisotopic (exact) mass is 386 g/mol. The third-order valence-electron chi connectivity index (χ3n) is 3.51. The van der Waals surface area contributed by atoms with Crippen LogP contribution >= 0.6 is 0 Å². The molecule has 0 spiro atoms. The molecule has 0 unspecified atom stereocenters. The number of aromatic nitrogens is 2. The van der Waals surface area contributed by atoms with Gasteiger partial charge in [-0.05, 0) is 43.3 Å². The molecule has 0 bridgehead atoms. The number of nitrogens with one attached hydrogen (secondary N) is 2. The van der Waals surface area contributed by atoms with E-state index < -0.39 is 16.1 Å². The Bertz CT molecular complexity index is 1020. The van der Waals surface area contributed by atoms with Crippen molar-refractivity contribution in [2.75, 3.05) is 11.3 Å². The SMILES string of the molecule is CCOc1ccc(NS(=O)(=O)NC(=O)c2cn(-c3ccccc3)cn2)cc1. The van der Waals surface area contributed by atoms with Crippen LogP contribution in [0.4, 0.5) is 5.69 Å². The fraction of sp³-hybridized carbons (Fsp3) is 0.111. The van der Waals surface area contributed by atoms with Gasteiger partial charge in [-0.2, -0.15) is 8.42 Å². The van der Waals surface area contributed by atoms with E-state index in [1.165, 1.54) is 12.5 Å². The van der Waals surface area contributed by atoms with Gasteiger partial charge in [0, 0.05) is 11.9 Å². The zero-order valence-electron chi connectivity index (χ0n) is 14.5. The van der Waals surface area contributed by atoms with Crippen molar-refractivity contribution in [3.8, 4) is 11.4 Å². The Labute approximate surface area is 157 Å². The number of hydrogen-bond acceptors (Lipinski definition) is 5. The molecule has 3 aromatic rings. The van der Waals surface area contributed by atoms with Crippen molar-refractivity contribution in [3.05, 3.63) is 72.8 Å². The predicted molar refractivity (Wildman–Crippen MR) is 101 cm³/mol. The molecule has 3 rings (SSSR count). The minimum absolute atomic E-state index is 0.0177. The third kappa shape index (κ3) is 4.85. The zero-order valence-corrected chi connectivity index (χ0v) is 15.3.